The maximum Gasteiger partial charge on any atom is 0.244 e. The van der Waals surface area contributed by atoms with Crippen LogP contribution >= 0.6 is 0 Å². The van der Waals surface area contributed by atoms with Gasteiger partial charge in [0.25, 0.3) is 0 Å². The minimum atomic E-state index is -0.165. The Morgan fingerprint density at radius 2 is 2.50 bits per heavy atom. The summed E-state index contributed by atoms with van der Waals surface area (Å²) in [5.74, 6) is -0.0875. The van der Waals surface area contributed by atoms with Crippen molar-refractivity contribution in [1.82, 2.24) is 15.1 Å². The topological polar surface area (TPSA) is 67.2 Å². The van der Waals surface area contributed by atoms with E-state index in [4.69, 9.17) is 5.11 Å². The fourth-order valence-corrected chi connectivity index (χ4v) is 1.11. The zero-order valence-electron chi connectivity index (χ0n) is 9.55. The second-order valence-electron chi connectivity index (χ2n) is 3.75. The number of amides is 1. The molecule has 1 aromatic heterocycles. The van der Waals surface area contributed by atoms with Gasteiger partial charge in [0.1, 0.15) is 0 Å². The van der Waals surface area contributed by atoms with Gasteiger partial charge in [-0.1, -0.05) is 6.92 Å². The molecule has 0 fully saturated rings. The minimum absolute atomic E-state index is 0.0751. The van der Waals surface area contributed by atoms with Gasteiger partial charge >= 0.3 is 0 Å². The molecule has 1 amide bonds. The maximum absolute atomic E-state index is 11.4. The third kappa shape index (κ3) is 3.86. The van der Waals surface area contributed by atoms with Gasteiger partial charge in [-0.3, -0.25) is 9.48 Å². The molecular formula is C11H17N3O2. The average molecular weight is 223 g/mol. The molecule has 88 valence electrons. The fraction of sp³-hybridized carbons (Fsp3) is 0.455. The predicted molar refractivity (Wildman–Crippen MR) is 61.5 cm³/mol. The first-order valence-corrected chi connectivity index (χ1v) is 5.18. The van der Waals surface area contributed by atoms with Crippen LogP contribution in [0.25, 0.3) is 6.08 Å². The molecule has 1 rings (SSSR count). The molecule has 0 aliphatic heterocycles. The molecular weight excluding hydrogens is 206 g/mol. The summed E-state index contributed by atoms with van der Waals surface area (Å²) < 4.78 is 1.68. The Morgan fingerprint density at radius 1 is 1.75 bits per heavy atom. The minimum Gasteiger partial charge on any atom is -0.396 e. The van der Waals surface area contributed by atoms with E-state index < -0.39 is 0 Å². The first-order chi connectivity index (χ1) is 7.63. The van der Waals surface area contributed by atoms with Crippen LogP contribution in [-0.4, -0.2) is 33.9 Å². The Bertz CT molecular complexity index is 371. The van der Waals surface area contributed by atoms with Gasteiger partial charge in [-0.2, -0.15) is 5.10 Å². The zero-order chi connectivity index (χ0) is 12.0. The van der Waals surface area contributed by atoms with E-state index >= 15 is 0 Å². The van der Waals surface area contributed by atoms with E-state index in [0.717, 1.165) is 5.69 Å². The van der Waals surface area contributed by atoms with Gasteiger partial charge in [0.05, 0.1) is 5.69 Å². The van der Waals surface area contributed by atoms with Crippen LogP contribution in [0.4, 0.5) is 0 Å². The molecule has 1 heterocycles. The summed E-state index contributed by atoms with van der Waals surface area (Å²) in [6.07, 6.45) is 4.83. The molecule has 5 nitrogen and oxygen atoms in total. The van der Waals surface area contributed by atoms with Crippen LogP contribution in [0, 0.1) is 5.92 Å². The smallest absolute Gasteiger partial charge is 0.244 e. The molecule has 16 heavy (non-hydrogen) atoms. The van der Waals surface area contributed by atoms with E-state index in [1.54, 1.807) is 17.0 Å². The van der Waals surface area contributed by atoms with Crippen molar-refractivity contribution >= 4 is 12.0 Å². The molecule has 0 saturated heterocycles. The first kappa shape index (κ1) is 12.4. The Hall–Kier alpha value is -1.62. The molecule has 0 spiro atoms. The number of hydrogen-bond donors (Lipinski definition) is 2. The SMILES string of the molecule is CC(CO)CNC(=O)C=Cc1ccnn1C. The summed E-state index contributed by atoms with van der Waals surface area (Å²) in [5, 5.41) is 15.5. The number of carbonyl (C=O) groups is 1. The summed E-state index contributed by atoms with van der Waals surface area (Å²) in [6.45, 7) is 2.42. The summed E-state index contributed by atoms with van der Waals surface area (Å²) in [7, 11) is 1.81. The fourth-order valence-electron chi connectivity index (χ4n) is 1.11. The molecule has 0 radical (unpaired) electrons. The third-order valence-corrected chi connectivity index (χ3v) is 2.20. The van der Waals surface area contributed by atoms with E-state index in [2.05, 4.69) is 10.4 Å². The van der Waals surface area contributed by atoms with E-state index in [0.29, 0.717) is 6.54 Å². The standard InChI is InChI=1S/C11H17N3O2/c1-9(8-15)7-12-11(16)4-3-10-5-6-13-14(10)2/h3-6,9,15H,7-8H2,1-2H3,(H,12,16). The highest BCUT2D eigenvalue weighted by Gasteiger charge is 2.01. The van der Waals surface area contributed by atoms with Gasteiger partial charge in [-0.05, 0) is 18.1 Å². The second kappa shape index (κ2) is 6.07. The van der Waals surface area contributed by atoms with Gasteiger partial charge in [0, 0.05) is 32.5 Å². The number of aliphatic hydroxyl groups excluding tert-OH is 1. The van der Waals surface area contributed by atoms with Crippen LogP contribution in [0.1, 0.15) is 12.6 Å². The number of nitrogens with one attached hydrogen (secondary N) is 1. The number of aryl methyl sites for hydroxylation is 1. The van der Waals surface area contributed by atoms with Crippen LogP contribution in [0.5, 0.6) is 0 Å². The lowest BCUT2D eigenvalue weighted by atomic mass is 10.2. The Labute approximate surface area is 94.8 Å². The van der Waals surface area contributed by atoms with E-state index in [-0.39, 0.29) is 18.4 Å². The molecule has 1 unspecified atom stereocenters. The molecule has 0 aliphatic rings. The first-order valence-electron chi connectivity index (χ1n) is 5.18. The highest BCUT2D eigenvalue weighted by Crippen LogP contribution is 1.98. The number of aliphatic hydroxyl groups is 1. The van der Waals surface area contributed by atoms with Crippen LogP contribution in [0.2, 0.25) is 0 Å². The van der Waals surface area contributed by atoms with Crippen molar-refractivity contribution in [3.05, 3.63) is 24.0 Å². The second-order valence-corrected chi connectivity index (χ2v) is 3.75. The molecule has 2 N–H and O–H groups in total. The quantitative estimate of drug-likeness (QED) is 0.700. The lowest BCUT2D eigenvalue weighted by Crippen LogP contribution is -2.27. The summed E-state index contributed by atoms with van der Waals surface area (Å²) in [4.78, 5) is 11.4. The molecule has 0 bridgehead atoms. The molecule has 1 aromatic rings. The van der Waals surface area contributed by atoms with Crippen molar-refractivity contribution in [3.8, 4) is 0 Å². The van der Waals surface area contributed by atoms with Crippen LogP contribution in [-0.2, 0) is 11.8 Å². The number of aromatic nitrogens is 2. The normalized spacial score (nSPS) is 12.9. The van der Waals surface area contributed by atoms with E-state index in [1.807, 2.05) is 20.0 Å². The van der Waals surface area contributed by atoms with Crippen LogP contribution in [0.3, 0.4) is 0 Å². The van der Waals surface area contributed by atoms with Gasteiger partial charge in [0.15, 0.2) is 0 Å². The van der Waals surface area contributed by atoms with Crippen molar-refractivity contribution in [2.75, 3.05) is 13.2 Å². The molecule has 0 aromatic carbocycles. The Morgan fingerprint density at radius 3 is 3.06 bits per heavy atom. The summed E-state index contributed by atoms with van der Waals surface area (Å²) >= 11 is 0. The van der Waals surface area contributed by atoms with Crippen LogP contribution < -0.4 is 5.32 Å². The molecule has 5 heteroatoms. The number of hydrogen-bond acceptors (Lipinski definition) is 3. The van der Waals surface area contributed by atoms with Crippen LogP contribution in [0.15, 0.2) is 18.3 Å². The summed E-state index contributed by atoms with van der Waals surface area (Å²) in [5.41, 5.74) is 0.866. The monoisotopic (exact) mass is 223 g/mol. The average Bonchev–Trinajstić information content (AvgIpc) is 2.69. The van der Waals surface area contributed by atoms with Gasteiger partial charge in [0.2, 0.25) is 5.91 Å². The molecule has 1 atom stereocenters. The van der Waals surface area contributed by atoms with Crippen molar-refractivity contribution in [1.29, 1.82) is 0 Å². The van der Waals surface area contributed by atoms with Crippen molar-refractivity contribution in [2.45, 2.75) is 6.92 Å². The number of rotatable bonds is 5. The van der Waals surface area contributed by atoms with Gasteiger partial charge in [-0.15, -0.1) is 0 Å². The number of carbonyl (C=O) groups excluding carboxylic acids is 1. The predicted octanol–water partition coefficient (Wildman–Crippen LogP) is 0.178. The summed E-state index contributed by atoms with van der Waals surface area (Å²) in [6, 6.07) is 1.82. The lowest BCUT2D eigenvalue weighted by molar-refractivity contribution is -0.116. The van der Waals surface area contributed by atoms with Crippen molar-refractivity contribution in [2.24, 2.45) is 13.0 Å². The Balaban J connectivity index is 2.40. The molecule has 0 saturated carbocycles. The molecule has 0 aliphatic carbocycles. The third-order valence-electron chi connectivity index (χ3n) is 2.20. The van der Waals surface area contributed by atoms with E-state index in [1.165, 1.54) is 6.08 Å². The highest BCUT2D eigenvalue weighted by molar-refractivity contribution is 5.91. The maximum atomic E-state index is 11.4. The Kier molecular flexibility index (Phi) is 4.72. The largest absolute Gasteiger partial charge is 0.396 e. The lowest BCUT2D eigenvalue weighted by Gasteiger charge is -2.07. The van der Waals surface area contributed by atoms with Gasteiger partial charge < -0.3 is 10.4 Å². The zero-order valence-corrected chi connectivity index (χ0v) is 9.55. The van der Waals surface area contributed by atoms with Gasteiger partial charge in [-0.25, -0.2) is 0 Å². The van der Waals surface area contributed by atoms with Crippen molar-refractivity contribution < 1.29 is 9.90 Å². The van der Waals surface area contributed by atoms with Crippen molar-refractivity contribution in [3.63, 3.8) is 0 Å². The highest BCUT2D eigenvalue weighted by atomic mass is 16.3. The van der Waals surface area contributed by atoms with E-state index in [9.17, 15) is 4.79 Å². The number of nitrogens with zero attached hydrogens (tertiary/aromatic N) is 2.